The van der Waals surface area contributed by atoms with Crippen LogP contribution in [0.5, 0.6) is 0 Å². The number of rotatable bonds is 5. The second kappa shape index (κ2) is 6.60. The molecule has 0 saturated carbocycles. The molecule has 2 rings (SSSR count). The van der Waals surface area contributed by atoms with Crippen LogP contribution in [0.15, 0.2) is 24.3 Å². The maximum Gasteiger partial charge on any atom is 0.334 e. The third-order valence-electron chi connectivity index (χ3n) is 3.71. The SMILES string of the molecule is CCN1C(=O)C(=O)N(CC(=O)N(C)Cc2ccc(C)cc2)C1=O. The Balaban J connectivity index is 2.01. The zero-order valence-corrected chi connectivity index (χ0v) is 13.4. The van der Waals surface area contributed by atoms with Crippen molar-refractivity contribution in [3.05, 3.63) is 35.4 Å². The molecular formula is C16H19N3O4. The summed E-state index contributed by atoms with van der Waals surface area (Å²) < 4.78 is 0. The molecule has 0 atom stereocenters. The number of aryl methyl sites for hydroxylation is 1. The Hall–Kier alpha value is -2.70. The molecule has 23 heavy (non-hydrogen) atoms. The zero-order chi connectivity index (χ0) is 17.1. The molecule has 122 valence electrons. The number of likely N-dealkylation sites (N-methyl/N-ethyl adjacent to an activating group) is 2. The minimum absolute atomic E-state index is 0.104. The first-order valence-corrected chi connectivity index (χ1v) is 7.32. The molecule has 0 N–H and O–H groups in total. The van der Waals surface area contributed by atoms with Crippen LogP contribution in [-0.4, -0.2) is 58.6 Å². The third kappa shape index (κ3) is 3.39. The second-order valence-corrected chi connectivity index (χ2v) is 5.46. The summed E-state index contributed by atoms with van der Waals surface area (Å²) in [4.78, 5) is 50.5. The van der Waals surface area contributed by atoms with Gasteiger partial charge in [0.2, 0.25) is 5.91 Å². The van der Waals surface area contributed by atoms with Gasteiger partial charge in [-0.15, -0.1) is 0 Å². The van der Waals surface area contributed by atoms with Gasteiger partial charge in [0.25, 0.3) is 0 Å². The largest absolute Gasteiger partial charge is 0.340 e. The molecule has 7 nitrogen and oxygen atoms in total. The molecule has 0 spiro atoms. The Bertz CT molecular complexity index is 654. The molecule has 1 fully saturated rings. The van der Waals surface area contributed by atoms with E-state index in [0.717, 1.165) is 16.0 Å². The summed E-state index contributed by atoms with van der Waals surface area (Å²) in [5, 5.41) is 0. The predicted molar refractivity (Wildman–Crippen MR) is 82.1 cm³/mol. The Labute approximate surface area is 134 Å². The highest BCUT2D eigenvalue weighted by Gasteiger charge is 2.44. The molecule has 1 heterocycles. The Kier molecular flexibility index (Phi) is 4.78. The maximum atomic E-state index is 12.2. The minimum atomic E-state index is -0.950. The van der Waals surface area contributed by atoms with E-state index in [-0.39, 0.29) is 6.54 Å². The lowest BCUT2D eigenvalue weighted by Gasteiger charge is -2.20. The van der Waals surface area contributed by atoms with Crippen LogP contribution < -0.4 is 0 Å². The van der Waals surface area contributed by atoms with Gasteiger partial charge >= 0.3 is 17.8 Å². The number of amides is 5. The smallest absolute Gasteiger partial charge is 0.334 e. The summed E-state index contributed by atoms with van der Waals surface area (Å²) >= 11 is 0. The van der Waals surface area contributed by atoms with Gasteiger partial charge in [-0.3, -0.25) is 19.3 Å². The molecule has 5 amide bonds. The fourth-order valence-corrected chi connectivity index (χ4v) is 2.28. The molecule has 0 radical (unpaired) electrons. The van der Waals surface area contributed by atoms with Crippen molar-refractivity contribution in [1.82, 2.24) is 14.7 Å². The van der Waals surface area contributed by atoms with Crippen LogP contribution in [0.2, 0.25) is 0 Å². The van der Waals surface area contributed by atoms with Gasteiger partial charge in [0.1, 0.15) is 6.54 Å². The van der Waals surface area contributed by atoms with Gasteiger partial charge in [0.15, 0.2) is 0 Å². The van der Waals surface area contributed by atoms with Crippen molar-refractivity contribution in [1.29, 1.82) is 0 Å². The van der Waals surface area contributed by atoms with Crippen LogP contribution in [-0.2, 0) is 20.9 Å². The molecule has 0 unspecified atom stereocenters. The van der Waals surface area contributed by atoms with Crippen LogP contribution in [0.1, 0.15) is 18.1 Å². The molecular weight excluding hydrogens is 298 g/mol. The Morgan fingerprint density at radius 2 is 1.61 bits per heavy atom. The number of hydrogen-bond acceptors (Lipinski definition) is 4. The summed E-state index contributed by atoms with van der Waals surface area (Å²) in [6.07, 6.45) is 0. The van der Waals surface area contributed by atoms with Crippen LogP contribution in [0, 0.1) is 6.92 Å². The molecule has 0 aliphatic carbocycles. The minimum Gasteiger partial charge on any atom is -0.340 e. The van der Waals surface area contributed by atoms with Gasteiger partial charge in [-0.25, -0.2) is 9.69 Å². The summed E-state index contributed by atoms with van der Waals surface area (Å²) in [5.41, 5.74) is 2.06. The van der Waals surface area contributed by atoms with E-state index in [2.05, 4.69) is 0 Å². The lowest BCUT2D eigenvalue weighted by Crippen LogP contribution is -2.42. The van der Waals surface area contributed by atoms with E-state index >= 15 is 0 Å². The first-order valence-electron chi connectivity index (χ1n) is 7.32. The standard InChI is InChI=1S/C16H19N3O4/c1-4-18-14(21)15(22)19(16(18)23)10-13(20)17(3)9-12-7-5-11(2)6-8-12/h5-8H,4,9-10H2,1-3H3. The zero-order valence-electron chi connectivity index (χ0n) is 13.4. The molecule has 1 aliphatic rings. The first kappa shape index (κ1) is 16.7. The molecule has 1 aromatic carbocycles. The number of carbonyl (C=O) groups excluding carboxylic acids is 4. The molecule has 0 aromatic heterocycles. The number of benzene rings is 1. The third-order valence-corrected chi connectivity index (χ3v) is 3.71. The van der Waals surface area contributed by atoms with Gasteiger partial charge in [-0.05, 0) is 19.4 Å². The Morgan fingerprint density at radius 1 is 1.04 bits per heavy atom. The van der Waals surface area contributed by atoms with Crippen molar-refractivity contribution >= 4 is 23.8 Å². The van der Waals surface area contributed by atoms with Gasteiger partial charge in [0, 0.05) is 20.1 Å². The normalized spacial score (nSPS) is 14.7. The van der Waals surface area contributed by atoms with Crippen LogP contribution in [0.25, 0.3) is 0 Å². The van der Waals surface area contributed by atoms with Crippen molar-refractivity contribution < 1.29 is 19.2 Å². The van der Waals surface area contributed by atoms with E-state index in [1.54, 1.807) is 14.0 Å². The topological polar surface area (TPSA) is 78.0 Å². The average Bonchev–Trinajstić information content (AvgIpc) is 2.72. The number of hydrogen-bond donors (Lipinski definition) is 0. The number of carbonyl (C=O) groups is 4. The van der Waals surface area contributed by atoms with Gasteiger partial charge in [-0.1, -0.05) is 29.8 Å². The van der Waals surface area contributed by atoms with Gasteiger partial charge in [-0.2, -0.15) is 0 Å². The lowest BCUT2D eigenvalue weighted by molar-refractivity contribution is -0.144. The van der Waals surface area contributed by atoms with Crippen molar-refractivity contribution in [3.63, 3.8) is 0 Å². The number of urea groups is 1. The molecule has 1 aromatic rings. The van der Waals surface area contributed by atoms with Crippen LogP contribution in [0.3, 0.4) is 0 Å². The van der Waals surface area contributed by atoms with Gasteiger partial charge < -0.3 is 4.90 Å². The Morgan fingerprint density at radius 3 is 2.13 bits per heavy atom. The van der Waals surface area contributed by atoms with E-state index in [1.165, 1.54) is 4.90 Å². The summed E-state index contributed by atoms with van der Waals surface area (Å²) in [6.45, 7) is 3.61. The highest BCUT2D eigenvalue weighted by Crippen LogP contribution is 2.12. The quantitative estimate of drug-likeness (QED) is 0.593. The van der Waals surface area contributed by atoms with E-state index < -0.39 is 30.3 Å². The van der Waals surface area contributed by atoms with Gasteiger partial charge in [0.05, 0.1) is 0 Å². The first-order chi connectivity index (χ1) is 10.8. The predicted octanol–water partition coefficient (Wildman–Crippen LogP) is 0.764. The van der Waals surface area contributed by atoms with Crippen LogP contribution in [0.4, 0.5) is 4.79 Å². The van der Waals surface area contributed by atoms with Crippen LogP contribution >= 0.6 is 0 Å². The van der Waals surface area contributed by atoms with E-state index in [1.807, 2.05) is 31.2 Å². The van der Waals surface area contributed by atoms with E-state index in [9.17, 15) is 19.2 Å². The molecule has 1 saturated heterocycles. The summed E-state index contributed by atoms with van der Waals surface area (Å²) in [7, 11) is 1.59. The maximum absolute atomic E-state index is 12.2. The monoisotopic (exact) mass is 317 g/mol. The molecule has 0 bridgehead atoms. The highest BCUT2D eigenvalue weighted by atomic mass is 16.2. The highest BCUT2D eigenvalue weighted by molar-refractivity contribution is 6.45. The fourth-order valence-electron chi connectivity index (χ4n) is 2.28. The van der Waals surface area contributed by atoms with Crippen molar-refractivity contribution in [2.24, 2.45) is 0 Å². The molecule has 1 aliphatic heterocycles. The lowest BCUT2D eigenvalue weighted by atomic mass is 10.1. The summed E-state index contributed by atoms with van der Waals surface area (Å²) in [5.74, 6) is -2.24. The number of imide groups is 2. The van der Waals surface area contributed by atoms with Crippen molar-refractivity contribution in [2.75, 3.05) is 20.1 Å². The number of nitrogens with zero attached hydrogens (tertiary/aromatic N) is 3. The van der Waals surface area contributed by atoms with Crippen molar-refractivity contribution in [3.8, 4) is 0 Å². The van der Waals surface area contributed by atoms with E-state index in [0.29, 0.717) is 11.4 Å². The average molecular weight is 317 g/mol. The van der Waals surface area contributed by atoms with E-state index in [4.69, 9.17) is 0 Å². The molecule has 7 heteroatoms. The fraction of sp³-hybridized carbons (Fsp3) is 0.375. The summed E-state index contributed by atoms with van der Waals surface area (Å²) in [6, 6.07) is 6.97. The van der Waals surface area contributed by atoms with Crippen molar-refractivity contribution in [2.45, 2.75) is 20.4 Å². The second-order valence-electron chi connectivity index (χ2n) is 5.46.